The molecule has 0 aromatic heterocycles. The van der Waals surface area contributed by atoms with Gasteiger partial charge >= 0.3 is 0 Å². The van der Waals surface area contributed by atoms with Crippen molar-refractivity contribution in [1.29, 1.82) is 0 Å². The number of Topliss-reactive ketones (excluding diaryl/α,β-unsaturated/α-hetero) is 1. The van der Waals surface area contributed by atoms with Crippen molar-refractivity contribution < 1.29 is 14.6 Å². The first-order chi connectivity index (χ1) is 10.1. The van der Waals surface area contributed by atoms with Gasteiger partial charge in [-0.25, -0.2) is 0 Å². The summed E-state index contributed by atoms with van der Waals surface area (Å²) in [6.45, 7) is 4.00. The van der Waals surface area contributed by atoms with Gasteiger partial charge in [0.2, 0.25) is 0 Å². The standard InChI is InChI=1S/C18H20O3/c1-13-7-8-16(14(2)11-13)17(20)12-21-18-6-4-3-5-15(18)9-10-19/h3-8,11,19H,9-10,12H2,1-2H3. The van der Waals surface area contributed by atoms with Crippen LogP contribution in [0.3, 0.4) is 0 Å². The molecule has 0 aliphatic carbocycles. The lowest BCUT2D eigenvalue weighted by Gasteiger charge is -2.11. The van der Waals surface area contributed by atoms with Crippen molar-refractivity contribution in [3.8, 4) is 5.75 Å². The molecular weight excluding hydrogens is 264 g/mol. The van der Waals surface area contributed by atoms with E-state index in [1.165, 1.54) is 0 Å². The van der Waals surface area contributed by atoms with Crippen LogP contribution in [-0.4, -0.2) is 24.1 Å². The van der Waals surface area contributed by atoms with Crippen molar-refractivity contribution in [3.63, 3.8) is 0 Å². The molecule has 2 rings (SSSR count). The van der Waals surface area contributed by atoms with Crippen molar-refractivity contribution in [1.82, 2.24) is 0 Å². The van der Waals surface area contributed by atoms with Gasteiger partial charge in [-0.3, -0.25) is 4.79 Å². The van der Waals surface area contributed by atoms with E-state index in [1.54, 1.807) is 0 Å². The normalized spacial score (nSPS) is 10.4. The summed E-state index contributed by atoms with van der Waals surface area (Å²) in [6, 6.07) is 13.2. The van der Waals surface area contributed by atoms with Gasteiger partial charge in [-0.1, -0.05) is 42.0 Å². The highest BCUT2D eigenvalue weighted by Gasteiger charge is 2.11. The fourth-order valence-corrected chi connectivity index (χ4v) is 2.32. The molecule has 0 aliphatic rings. The number of rotatable bonds is 6. The minimum absolute atomic E-state index is 0.00629. The van der Waals surface area contributed by atoms with Gasteiger partial charge < -0.3 is 9.84 Å². The maximum atomic E-state index is 12.2. The summed E-state index contributed by atoms with van der Waals surface area (Å²) in [5, 5.41) is 9.04. The highest BCUT2D eigenvalue weighted by atomic mass is 16.5. The number of aryl methyl sites for hydroxylation is 2. The fourth-order valence-electron chi connectivity index (χ4n) is 2.32. The third kappa shape index (κ3) is 3.92. The quantitative estimate of drug-likeness (QED) is 0.829. The summed E-state index contributed by atoms with van der Waals surface area (Å²) in [4.78, 5) is 12.2. The van der Waals surface area contributed by atoms with Crippen molar-refractivity contribution in [2.75, 3.05) is 13.2 Å². The SMILES string of the molecule is Cc1ccc(C(=O)COc2ccccc2CCO)c(C)c1. The van der Waals surface area contributed by atoms with Crippen molar-refractivity contribution in [2.24, 2.45) is 0 Å². The Hall–Kier alpha value is -2.13. The zero-order chi connectivity index (χ0) is 15.2. The summed E-state index contributed by atoms with van der Waals surface area (Å²) in [6.07, 6.45) is 0.522. The molecule has 110 valence electrons. The van der Waals surface area contributed by atoms with E-state index < -0.39 is 0 Å². The van der Waals surface area contributed by atoms with E-state index in [4.69, 9.17) is 9.84 Å². The number of aliphatic hydroxyl groups is 1. The summed E-state index contributed by atoms with van der Waals surface area (Å²) in [7, 11) is 0. The molecule has 0 atom stereocenters. The number of aliphatic hydroxyl groups excluding tert-OH is 1. The van der Waals surface area contributed by atoms with Crippen LogP contribution in [0.1, 0.15) is 27.0 Å². The highest BCUT2D eigenvalue weighted by molar-refractivity contribution is 5.98. The Morgan fingerprint density at radius 1 is 1.14 bits per heavy atom. The number of carbonyl (C=O) groups is 1. The average molecular weight is 284 g/mol. The summed E-state index contributed by atoms with van der Waals surface area (Å²) >= 11 is 0. The second kappa shape index (κ2) is 7.04. The Morgan fingerprint density at radius 3 is 2.62 bits per heavy atom. The third-order valence-electron chi connectivity index (χ3n) is 3.39. The number of ether oxygens (including phenoxy) is 1. The molecule has 0 radical (unpaired) electrons. The predicted molar refractivity (Wildman–Crippen MR) is 83.0 cm³/mol. The van der Waals surface area contributed by atoms with Gasteiger partial charge in [-0.15, -0.1) is 0 Å². The second-order valence-corrected chi connectivity index (χ2v) is 5.11. The summed E-state index contributed by atoms with van der Waals surface area (Å²) in [5.41, 5.74) is 3.71. The third-order valence-corrected chi connectivity index (χ3v) is 3.39. The zero-order valence-electron chi connectivity index (χ0n) is 12.4. The van der Waals surface area contributed by atoms with Crippen LogP contribution in [0.15, 0.2) is 42.5 Å². The number of benzene rings is 2. The number of carbonyl (C=O) groups excluding carboxylic acids is 1. The first kappa shape index (κ1) is 15.3. The molecule has 0 unspecified atom stereocenters. The number of hydrogen-bond donors (Lipinski definition) is 1. The van der Waals surface area contributed by atoms with Crippen LogP contribution < -0.4 is 4.74 Å². The molecule has 3 heteroatoms. The molecule has 0 spiro atoms. The van der Waals surface area contributed by atoms with Gasteiger partial charge in [0.15, 0.2) is 12.4 Å². The van der Waals surface area contributed by atoms with Gasteiger partial charge in [0.25, 0.3) is 0 Å². The van der Waals surface area contributed by atoms with Crippen molar-refractivity contribution >= 4 is 5.78 Å². The van der Waals surface area contributed by atoms with Crippen LogP contribution in [0.25, 0.3) is 0 Å². The van der Waals surface area contributed by atoms with Crippen molar-refractivity contribution in [3.05, 3.63) is 64.7 Å². The molecule has 0 heterocycles. The van der Waals surface area contributed by atoms with Crippen LogP contribution in [0, 0.1) is 13.8 Å². The Labute approximate surface area is 125 Å². The Balaban J connectivity index is 2.07. The Morgan fingerprint density at radius 2 is 1.90 bits per heavy atom. The molecule has 0 saturated carbocycles. The lowest BCUT2D eigenvalue weighted by Crippen LogP contribution is -2.14. The van der Waals surface area contributed by atoms with Gasteiger partial charge in [0.1, 0.15) is 5.75 Å². The number of hydrogen-bond acceptors (Lipinski definition) is 3. The molecule has 0 fully saturated rings. The highest BCUT2D eigenvalue weighted by Crippen LogP contribution is 2.19. The van der Waals surface area contributed by atoms with E-state index in [1.807, 2.05) is 56.3 Å². The lowest BCUT2D eigenvalue weighted by molar-refractivity contribution is 0.0920. The van der Waals surface area contributed by atoms with Gasteiger partial charge in [0, 0.05) is 12.2 Å². The average Bonchev–Trinajstić information content (AvgIpc) is 2.46. The van der Waals surface area contributed by atoms with Crippen LogP contribution in [0.2, 0.25) is 0 Å². The van der Waals surface area contributed by atoms with Gasteiger partial charge in [0.05, 0.1) is 0 Å². The second-order valence-electron chi connectivity index (χ2n) is 5.11. The zero-order valence-corrected chi connectivity index (χ0v) is 12.4. The van der Waals surface area contributed by atoms with Crippen LogP contribution >= 0.6 is 0 Å². The largest absolute Gasteiger partial charge is 0.485 e. The molecule has 1 N–H and O–H groups in total. The van der Waals surface area contributed by atoms with Crippen molar-refractivity contribution in [2.45, 2.75) is 20.3 Å². The summed E-state index contributed by atoms with van der Waals surface area (Å²) < 4.78 is 5.63. The van der Waals surface area contributed by atoms with E-state index >= 15 is 0 Å². The monoisotopic (exact) mass is 284 g/mol. The van der Waals surface area contributed by atoms with E-state index in [0.717, 1.165) is 16.7 Å². The van der Waals surface area contributed by atoms with Gasteiger partial charge in [-0.05, 0) is 37.5 Å². The molecular formula is C18H20O3. The molecule has 0 aliphatic heterocycles. The maximum absolute atomic E-state index is 12.2. The van der Waals surface area contributed by atoms with E-state index in [2.05, 4.69) is 0 Å². The maximum Gasteiger partial charge on any atom is 0.200 e. The molecule has 2 aromatic rings. The number of para-hydroxylation sites is 1. The predicted octanol–water partition coefficient (Wildman–Crippen LogP) is 3.10. The fraction of sp³-hybridized carbons (Fsp3) is 0.278. The topological polar surface area (TPSA) is 46.5 Å². The smallest absolute Gasteiger partial charge is 0.200 e. The van der Waals surface area contributed by atoms with E-state index in [0.29, 0.717) is 17.7 Å². The first-order valence-electron chi connectivity index (χ1n) is 7.04. The molecule has 21 heavy (non-hydrogen) atoms. The van der Waals surface area contributed by atoms with E-state index in [9.17, 15) is 4.79 Å². The van der Waals surface area contributed by atoms with Gasteiger partial charge in [-0.2, -0.15) is 0 Å². The first-order valence-corrected chi connectivity index (χ1v) is 7.04. The molecule has 0 amide bonds. The van der Waals surface area contributed by atoms with E-state index in [-0.39, 0.29) is 19.0 Å². The van der Waals surface area contributed by atoms with Crippen LogP contribution in [0.5, 0.6) is 5.75 Å². The minimum Gasteiger partial charge on any atom is -0.485 e. The Kier molecular flexibility index (Phi) is 5.12. The molecule has 0 saturated heterocycles. The molecule has 0 bridgehead atoms. The summed E-state index contributed by atoms with van der Waals surface area (Å²) in [5.74, 6) is 0.621. The molecule has 2 aromatic carbocycles. The Bertz CT molecular complexity index is 632. The number of ketones is 1. The van der Waals surface area contributed by atoms with Crippen LogP contribution in [0.4, 0.5) is 0 Å². The van der Waals surface area contributed by atoms with Crippen LogP contribution in [-0.2, 0) is 6.42 Å². The lowest BCUT2D eigenvalue weighted by atomic mass is 10.0. The molecule has 3 nitrogen and oxygen atoms in total. The minimum atomic E-state index is -0.0358.